The zero-order chi connectivity index (χ0) is 14.2. The normalized spacial score (nSPS) is 22.4. The van der Waals surface area contributed by atoms with E-state index in [9.17, 15) is 9.90 Å². The molecule has 4 N–H and O–H groups in total. The van der Waals surface area contributed by atoms with E-state index in [-0.39, 0.29) is 18.1 Å². The van der Waals surface area contributed by atoms with Gasteiger partial charge in [-0.2, -0.15) is 0 Å². The van der Waals surface area contributed by atoms with Gasteiger partial charge < -0.3 is 16.2 Å². The van der Waals surface area contributed by atoms with Crippen molar-refractivity contribution >= 4 is 11.6 Å². The number of hydrogen-bond donors (Lipinski definition) is 3. The Morgan fingerprint density at radius 2 is 1.75 bits per heavy atom. The number of rotatable bonds is 4. The molecule has 4 nitrogen and oxygen atoms in total. The third-order valence-corrected chi connectivity index (χ3v) is 4.89. The topological polar surface area (TPSA) is 75.4 Å². The van der Waals surface area contributed by atoms with Crippen LogP contribution in [0.4, 0.5) is 5.69 Å². The van der Waals surface area contributed by atoms with Gasteiger partial charge in [0.25, 0.3) is 0 Å². The molecule has 0 saturated heterocycles. The number of carbonyl (C=O) groups is 1. The summed E-state index contributed by atoms with van der Waals surface area (Å²) in [5, 5.41) is 12.8. The fourth-order valence-corrected chi connectivity index (χ4v) is 3.31. The molecule has 2 aliphatic rings. The molecule has 1 aromatic carbocycles. The van der Waals surface area contributed by atoms with Crippen LogP contribution in [0.5, 0.6) is 0 Å². The van der Waals surface area contributed by atoms with Crippen molar-refractivity contribution < 1.29 is 9.90 Å². The molecule has 1 aromatic rings. The van der Waals surface area contributed by atoms with Gasteiger partial charge in [-0.15, -0.1) is 0 Å². The Bertz CT molecular complexity index is 500. The van der Waals surface area contributed by atoms with Gasteiger partial charge in [-0.05, 0) is 43.4 Å². The molecule has 0 bridgehead atoms. The van der Waals surface area contributed by atoms with E-state index in [1.165, 1.54) is 0 Å². The summed E-state index contributed by atoms with van der Waals surface area (Å²) in [5.41, 5.74) is 6.68. The number of aliphatic hydroxyl groups excluding tert-OH is 1. The summed E-state index contributed by atoms with van der Waals surface area (Å²) >= 11 is 0. The predicted molar refractivity (Wildman–Crippen MR) is 78.2 cm³/mol. The third kappa shape index (κ3) is 2.18. The molecule has 0 heterocycles. The van der Waals surface area contributed by atoms with Gasteiger partial charge in [0.15, 0.2) is 0 Å². The number of nitrogens with two attached hydrogens (primary N) is 1. The fraction of sp³-hybridized carbons (Fsp3) is 0.562. The molecule has 0 spiro atoms. The van der Waals surface area contributed by atoms with Gasteiger partial charge in [-0.3, -0.25) is 4.79 Å². The molecule has 2 fully saturated rings. The summed E-state index contributed by atoms with van der Waals surface area (Å²) in [7, 11) is 0. The van der Waals surface area contributed by atoms with Crippen LogP contribution >= 0.6 is 0 Å². The van der Waals surface area contributed by atoms with Gasteiger partial charge in [0, 0.05) is 5.69 Å². The molecule has 20 heavy (non-hydrogen) atoms. The average molecular weight is 274 g/mol. The smallest absolute Gasteiger partial charge is 0.231 e. The van der Waals surface area contributed by atoms with E-state index in [1.807, 2.05) is 24.3 Å². The molecule has 0 unspecified atom stereocenters. The number of anilines is 1. The van der Waals surface area contributed by atoms with Crippen molar-refractivity contribution in [2.45, 2.75) is 49.5 Å². The summed E-state index contributed by atoms with van der Waals surface area (Å²) in [6.45, 7) is 0.0383. The lowest BCUT2D eigenvalue weighted by atomic mass is 9.91. The number of amides is 1. The molecule has 0 aliphatic heterocycles. The summed E-state index contributed by atoms with van der Waals surface area (Å²) < 4.78 is 0. The molecule has 3 rings (SSSR count). The fourth-order valence-electron chi connectivity index (χ4n) is 3.31. The van der Waals surface area contributed by atoms with Crippen LogP contribution in [-0.4, -0.2) is 23.2 Å². The van der Waals surface area contributed by atoms with Gasteiger partial charge in [0.1, 0.15) is 0 Å². The van der Waals surface area contributed by atoms with E-state index in [0.29, 0.717) is 5.69 Å². The molecule has 108 valence electrons. The van der Waals surface area contributed by atoms with Crippen LogP contribution < -0.4 is 11.1 Å². The van der Waals surface area contributed by atoms with E-state index >= 15 is 0 Å². The predicted octanol–water partition coefficient (Wildman–Crippen LogP) is 1.72. The Balaban J connectivity index is 1.78. The number of hydrogen-bond acceptors (Lipinski definition) is 3. The third-order valence-electron chi connectivity index (χ3n) is 4.89. The zero-order valence-corrected chi connectivity index (χ0v) is 11.7. The molecule has 1 amide bonds. The summed E-state index contributed by atoms with van der Waals surface area (Å²) in [6.07, 6.45) is 5.68. The minimum atomic E-state index is -0.390. The van der Waals surface area contributed by atoms with Crippen LogP contribution in [0.2, 0.25) is 0 Å². The number of nitrogen functional groups attached to an aromatic ring is 1. The lowest BCUT2D eigenvalue weighted by molar-refractivity contribution is -0.126. The van der Waals surface area contributed by atoms with Crippen LogP contribution in [0, 0.1) is 0 Å². The number of nitrogens with one attached hydrogen (secondary N) is 1. The van der Waals surface area contributed by atoms with Gasteiger partial charge in [-0.25, -0.2) is 0 Å². The second-order valence-electron chi connectivity index (χ2n) is 6.30. The van der Waals surface area contributed by atoms with E-state index in [4.69, 9.17) is 5.73 Å². The van der Waals surface area contributed by atoms with E-state index < -0.39 is 5.41 Å². The standard InChI is InChI=1S/C16H22N2O2/c17-13-5-3-12(4-6-13)16(9-10-16)14(20)18-15(11-19)7-1-2-8-15/h3-6,19H,1-2,7-11,17H2,(H,18,20). The number of benzene rings is 1. The lowest BCUT2D eigenvalue weighted by Gasteiger charge is -2.30. The average Bonchev–Trinajstić information content (AvgIpc) is 3.14. The minimum Gasteiger partial charge on any atom is -0.399 e. The maximum Gasteiger partial charge on any atom is 0.231 e. The van der Waals surface area contributed by atoms with Crippen LogP contribution in [0.15, 0.2) is 24.3 Å². The van der Waals surface area contributed by atoms with Crippen molar-refractivity contribution in [1.82, 2.24) is 5.32 Å². The molecule has 2 aliphatic carbocycles. The first kappa shape index (κ1) is 13.4. The molecule has 0 aromatic heterocycles. The second-order valence-corrected chi connectivity index (χ2v) is 6.30. The number of carbonyl (C=O) groups excluding carboxylic acids is 1. The lowest BCUT2D eigenvalue weighted by Crippen LogP contribution is -2.52. The molecular weight excluding hydrogens is 252 g/mol. The maximum atomic E-state index is 12.7. The highest BCUT2D eigenvalue weighted by Crippen LogP contribution is 2.49. The summed E-state index contributed by atoms with van der Waals surface area (Å²) in [5.74, 6) is 0.0678. The van der Waals surface area contributed by atoms with Crippen molar-refractivity contribution in [2.24, 2.45) is 0 Å². The van der Waals surface area contributed by atoms with E-state index in [2.05, 4.69) is 5.32 Å². The summed E-state index contributed by atoms with van der Waals surface area (Å²) in [4.78, 5) is 12.7. The molecule has 4 heteroatoms. The summed E-state index contributed by atoms with van der Waals surface area (Å²) in [6, 6.07) is 7.59. The van der Waals surface area contributed by atoms with Crippen molar-refractivity contribution in [3.05, 3.63) is 29.8 Å². The molecule has 0 atom stereocenters. The van der Waals surface area contributed by atoms with E-state index in [0.717, 1.165) is 44.1 Å². The van der Waals surface area contributed by atoms with Crippen LogP contribution in [0.3, 0.4) is 0 Å². The maximum absolute atomic E-state index is 12.7. The first-order chi connectivity index (χ1) is 9.60. The Labute approximate surface area is 119 Å². The van der Waals surface area contributed by atoms with E-state index in [1.54, 1.807) is 0 Å². The molecule has 0 radical (unpaired) electrons. The van der Waals surface area contributed by atoms with Crippen LogP contribution in [-0.2, 0) is 10.2 Å². The Morgan fingerprint density at radius 1 is 1.15 bits per heavy atom. The van der Waals surface area contributed by atoms with Crippen LogP contribution in [0.1, 0.15) is 44.1 Å². The van der Waals surface area contributed by atoms with Crippen molar-refractivity contribution in [3.8, 4) is 0 Å². The Morgan fingerprint density at radius 3 is 2.25 bits per heavy atom. The molecule has 2 saturated carbocycles. The Kier molecular flexibility index (Phi) is 3.21. The second kappa shape index (κ2) is 4.77. The van der Waals surface area contributed by atoms with Gasteiger partial charge in [-0.1, -0.05) is 25.0 Å². The van der Waals surface area contributed by atoms with Gasteiger partial charge in [0.2, 0.25) is 5.91 Å². The molecular formula is C16H22N2O2. The van der Waals surface area contributed by atoms with Crippen molar-refractivity contribution in [2.75, 3.05) is 12.3 Å². The monoisotopic (exact) mass is 274 g/mol. The number of aliphatic hydroxyl groups is 1. The van der Waals surface area contributed by atoms with Crippen molar-refractivity contribution in [1.29, 1.82) is 0 Å². The SMILES string of the molecule is Nc1ccc(C2(C(=O)NC3(CO)CCCC3)CC2)cc1. The first-order valence-corrected chi connectivity index (χ1v) is 7.40. The minimum absolute atomic E-state index is 0.0383. The highest BCUT2D eigenvalue weighted by Gasteiger charge is 2.53. The largest absolute Gasteiger partial charge is 0.399 e. The van der Waals surface area contributed by atoms with Crippen molar-refractivity contribution in [3.63, 3.8) is 0 Å². The quantitative estimate of drug-likeness (QED) is 0.732. The zero-order valence-electron chi connectivity index (χ0n) is 11.7. The Hall–Kier alpha value is -1.55. The highest BCUT2D eigenvalue weighted by molar-refractivity contribution is 5.92. The highest BCUT2D eigenvalue weighted by atomic mass is 16.3. The first-order valence-electron chi connectivity index (χ1n) is 7.40. The van der Waals surface area contributed by atoms with Crippen LogP contribution in [0.25, 0.3) is 0 Å². The van der Waals surface area contributed by atoms with Gasteiger partial charge in [0.05, 0.1) is 17.6 Å². The van der Waals surface area contributed by atoms with Gasteiger partial charge >= 0.3 is 0 Å².